The van der Waals surface area contributed by atoms with Crippen LogP contribution in [0.5, 0.6) is 0 Å². The minimum atomic E-state index is -0.288. The maximum Gasteiger partial charge on any atom is 0.317 e. The van der Waals surface area contributed by atoms with Crippen LogP contribution >= 0.6 is 0 Å². The van der Waals surface area contributed by atoms with Gasteiger partial charge in [0.05, 0.1) is 6.61 Å². The summed E-state index contributed by atoms with van der Waals surface area (Å²) in [5, 5.41) is 0. The van der Waals surface area contributed by atoms with Crippen LogP contribution in [0.2, 0.25) is 0 Å². The minimum Gasteiger partial charge on any atom is -0.465 e. The Labute approximate surface area is 83.1 Å². The molecule has 0 amide bonds. The van der Waals surface area contributed by atoms with Gasteiger partial charge in [-0.25, -0.2) is 0 Å². The smallest absolute Gasteiger partial charge is 0.317 e. The Morgan fingerprint density at radius 3 is 3.14 bits per heavy atom. The second-order valence-electron chi connectivity index (χ2n) is 2.53. The average Bonchev–Trinajstić information content (AvgIpc) is 2.20. The Hall–Kier alpha value is -1.82. The van der Waals surface area contributed by atoms with Gasteiger partial charge in [-0.15, -0.1) is 0 Å². The van der Waals surface area contributed by atoms with Crippen molar-refractivity contribution >= 4 is 5.97 Å². The predicted octanol–water partition coefficient (Wildman–Crippen LogP) is 1.39. The quantitative estimate of drug-likeness (QED) is 0.521. The van der Waals surface area contributed by atoms with Crippen molar-refractivity contribution in [1.29, 1.82) is 0 Å². The molecular formula is C11H11NO2. The van der Waals surface area contributed by atoms with Crippen LogP contribution in [0.3, 0.4) is 0 Å². The van der Waals surface area contributed by atoms with Gasteiger partial charge in [-0.05, 0) is 19.1 Å². The number of hydrogen-bond acceptors (Lipinski definition) is 3. The Morgan fingerprint density at radius 2 is 2.50 bits per heavy atom. The first-order valence-electron chi connectivity index (χ1n) is 4.37. The van der Waals surface area contributed by atoms with E-state index in [1.807, 2.05) is 6.07 Å². The molecule has 0 fully saturated rings. The molecule has 1 heterocycles. The van der Waals surface area contributed by atoms with Gasteiger partial charge >= 0.3 is 5.97 Å². The Morgan fingerprint density at radius 1 is 1.64 bits per heavy atom. The monoisotopic (exact) mass is 189 g/mol. The number of ether oxygens (including phenoxy) is 1. The van der Waals surface area contributed by atoms with E-state index < -0.39 is 0 Å². The van der Waals surface area contributed by atoms with Crippen molar-refractivity contribution < 1.29 is 9.53 Å². The largest absolute Gasteiger partial charge is 0.465 e. The number of carbonyl (C=O) groups excluding carboxylic acids is 1. The molecule has 0 saturated carbocycles. The third-order valence-electron chi connectivity index (χ3n) is 1.43. The molecule has 72 valence electrons. The zero-order chi connectivity index (χ0) is 10.2. The van der Waals surface area contributed by atoms with Gasteiger partial charge in [-0.2, -0.15) is 0 Å². The first-order valence-corrected chi connectivity index (χ1v) is 4.37. The van der Waals surface area contributed by atoms with Crippen molar-refractivity contribution in [2.45, 2.75) is 13.3 Å². The molecule has 0 aromatic carbocycles. The molecule has 0 N–H and O–H groups in total. The summed E-state index contributed by atoms with van der Waals surface area (Å²) in [6, 6.07) is 3.64. The summed E-state index contributed by atoms with van der Waals surface area (Å²) in [4.78, 5) is 14.8. The molecule has 0 aliphatic heterocycles. The highest BCUT2D eigenvalue weighted by Crippen LogP contribution is 1.92. The Kier molecular flexibility index (Phi) is 4.22. The van der Waals surface area contributed by atoms with Crippen LogP contribution in [0, 0.1) is 11.8 Å². The van der Waals surface area contributed by atoms with Crippen molar-refractivity contribution in [3.05, 3.63) is 30.1 Å². The zero-order valence-corrected chi connectivity index (χ0v) is 7.99. The van der Waals surface area contributed by atoms with Crippen molar-refractivity contribution in [2.24, 2.45) is 0 Å². The summed E-state index contributed by atoms with van der Waals surface area (Å²) in [7, 11) is 0. The molecule has 0 saturated heterocycles. The lowest BCUT2D eigenvalue weighted by molar-refractivity contribution is -0.141. The van der Waals surface area contributed by atoms with E-state index in [1.54, 1.807) is 25.4 Å². The van der Waals surface area contributed by atoms with Gasteiger partial charge in [0.1, 0.15) is 6.42 Å². The van der Waals surface area contributed by atoms with Crippen LogP contribution < -0.4 is 0 Å². The first kappa shape index (κ1) is 10.3. The van der Waals surface area contributed by atoms with Crippen molar-refractivity contribution in [2.75, 3.05) is 6.61 Å². The fourth-order valence-electron chi connectivity index (χ4n) is 0.867. The summed E-state index contributed by atoms with van der Waals surface area (Å²) in [6.07, 6.45) is 3.46. The topological polar surface area (TPSA) is 39.2 Å². The Balaban J connectivity index is 2.45. The third kappa shape index (κ3) is 3.72. The van der Waals surface area contributed by atoms with E-state index in [1.165, 1.54) is 0 Å². The van der Waals surface area contributed by atoms with Crippen LogP contribution in [-0.4, -0.2) is 17.6 Å². The second-order valence-corrected chi connectivity index (χ2v) is 2.53. The highest BCUT2D eigenvalue weighted by atomic mass is 16.5. The Bertz CT molecular complexity index is 349. The van der Waals surface area contributed by atoms with Gasteiger partial charge in [0, 0.05) is 18.0 Å². The van der Waals surface area contributed by atoms with E-state index in [9.17, 15) is 4.79 Å². The lowest BCUT2D eigenvalue weighted by atomic mass is 10.3. The minimum absolute atomic E-state index is 0.128. The molecule has 0 unspecified atom stereocenters. The summed E-state index contributed by atoms with van der Waals surface area (Å²) in [5.41, 5.74) is 0.803. The van der Waals surface area contributed by atoms with Gasteiger partial charge in [0.2, 0.25) is 0 Å². The number of carbonyl (C=O) groups is 1. The maximum absolute atomic E-state index is 10.9. The molecule has 0 atom stereocenters. The average molecular weight is 189 g/mol. The fourth-order valence-corrected chi connectivity index (χ4v) is 0.867. The van der Waals surface area contributed by atoms with Crippen molar-refractivity contribution in [1.82, 2.24) is 4.98 Å². The summed E-state index contributed by atoms with van der Waals surface area (Å²) in [5.74, 6) is 5.25. The summed E-state index contributed by atoms with van der Waals surface area (Å²) in [6.45, 7) is 2.17. The molecule has 0 bridgehead atoms. The zero-order valence-electron chi connectivity index (χ0n) is 7.99. The van der Waals surface area contributed by atoms with E-state index in [4.69, 9.17) is 4.74 Å². The highest BCUT2D eigenvalue weighted by Gasteiger charge is 1.95. The molecule has 3 nitrogen and oxygen atoms in total. The van der Waals surface area contributed by atoms with E-state index in [0.717, 1.165) is 5.56 Å². The third-order valence-corrected chi connectivity index (χ3v) is 1.43. The van der Waals surface area contributed by atoms with Gasteiger partial charge < -0.3 is 4.74 Å². The van der Waals surface area contributed by atoms with E-state index >= 15 is 0 Å². The molecule has 0 aliphatic carbocycles. The lowest BCUT2D eigenvalue weighted by Crippen LogP contribution is -2.01. The van der Waals surface area contributed by atoms with Gasteiger partial charge in [0.15, 0.2) is 0 Å². The van der Waals surface area contributed by atoms with Crippen LogP contribution in [0.1, 0.15) is 18.9 Å². The molecule has 0 spiro atoms. The number of hydrogen-bond donors (Lipinski definition) is 0. The van der Waals surface area contributed by atoms with Crippen LogP contribution in [-0.2, 0) is 9.53 Å². The van der Waals surface area contributed by atoms with Crippen LogP contribution in [0.4, 0.5) is 0 Å². The van der Waals surface area contributed by atoms with Crippen molar-refractivity contribution in [3.63, 3.8) is 0 Å². The number of rotatable bonds is 2. The van der Waals surface area contributed by atoms with E-state index in [2.05, 4.69) is 16.8 Å². The number of nitrogens with zero attached hydrogens (tertiary/aromatic N) is 1. The lowest BCUT2D eigenvalue weighted by Gasteiger charge is -1.94. The molecule has 0 radical (unpaired) electrons. The number of pyridine rings is 1. The van der Waals surface area contributed by atoms with E-state index in [0.29, 0.717) is 6.61 Å². The number of esters is 1. The fraction of sp³-hybridized carbons (Fsp3) is 0.273. The van der Waals surface area contributed by atoms with Gasteiger partial charge in [-0.3, -0.25) is 9.78 Å². The summed E-state index contributed by atoms with van der Waals surface area (Å²) < 4.78 is 4.72. The second kappa shape index (κ2) is 5.76. The SMILES string of the molecule is CCOC(=O)CC#Cc1cccnc1. The molecule has 1 aromatic heterocycles. The maximum atomic E-state index is 10.9. The molecular weight excluding hydrogens is 178 g/mol. The molecule has 3 heteroatoms. The van der Waals surface area contributed by atoms with Crippen LogP contribution in [0.15, 0.2) is 24.5 Å². The highest BCUT2D eigenvalue weighted by molar-refractivity contribution is 5.72. The molecule has 1 rings (SSSR count). The molecule has 0 aliphatic rings. The summed E-state index contributed by atoms with van der Waals surface area (Å²) >= 11 is 0. The van der Waals surface area contributed by atoms with Crippen molar-refractivity contribution in [3.8, 4) is 11.8 Å². The molecule has 14 heavy (non-hydrogen) atoms. The first-order chi connectivity index (χ1) is 6.83. The number of aromatic nitrogens is 1. The standard InChI is InChI=1S/C11H11NO2/c1-2-14-11(13)7-3-5-10-6-4-8-12-9-10/h4,6,8-9H,2,7H2,1H3. The van der Waals surface area contributed by atoms with E-state index in [-0.39, 0.29) is 12.4 Å². The normalized spacial score (nSPS) is 8.64. The van der Waals surface area contributed by atoms with Crippen LogP contribution in [0.25, 0.3) is 0 Å². The van der Waals surface area contributed by atoms with Gasteiger partial charge in [0.25, 0.3) is 0 Å². The predicted molar refractivity (Wildman–Crippen MR) is 52.4 cm³/mol. The molecule has 1 aromatic rings. The van der Waals surface area contributed by atoms with Gasteiger partial charge in [-0.1, -0.05) is 11.8 Å².